The molecule has 2 aromatic rings. The Morgan fingerprint density at radius 3 is 2.67 bits per heavy atom. The molecule has 1 aromatic heterocycles. The molecular weight excluding hydrogens is 400 g/mol. The number of nitrogens with one attached hydrogen (secondary N) is 2. The van der Waals surface area contributed by atoms with E-state index < -0.39 is 11.9 Å². The smallest absolute Gasteiger partial charge is 0.356 e. The van der Waals surface area contributed by atoms with Crippen LogP contribution in [0.15, 0.2) is 28.6 Å². The highest BCUT2D eigenvalue weighted by Crippen LogP contribution is 2.30. The van der Waals surface area contributed by atoms with Crippen LogP contribution in [0.3, 0.4) is 0 Å². The standard InChI is InChI=1S/C17H20F4N4S2/c1-22-16(23-6-5-15-25-14(10-27-15)17(19,20)21)24-8-11-3-4-13(18)7-12(11)9-26-2/h3-4,7,10H,5-6,8-9H2,1-2H3,(H2,22,23,24). The van der Waals surface area contributed by atoms with Gasteiger partial charge < -0.3 is 10.6 Å². The molecule has 0 unspecified atom stereocenters. The molecule has 0 aliphatic carbocycles. The third kappa shape index (κ3) is 6.69. The summed E-state index contributed by atoms with van der Waals surface area (Å²) in [4.78, 5) is 7.68. The van der Waals surface area contributed by atoms with Crippen LogP contribution in [0.1, 0.15) is 21.8 Å². The normalized spacial score (nSPS) is 12.3. The summed E-state index contributed by atoms with van der Waals surface area (Å²) in [6, 6.07) is 4.66. The Balaban J connectivity index is 1.85. The van der Waals surface area contributed by atoms with Crippen molar-refractivity contribution in [1.82, 2.24) is 15.6 Å². The largest absolute Gasteiger partial charge is 0.434 e. The third-order valence-electron chi connectivity index (χ3n) is 3.61. The number of rotatable bonds is 7. The lowest BCUT2D eigenvalue weighted by Gasteiger charge is -2.14. The number of benzene rings is 1. The zero-order chi connectivity index (χ0) is 19.9. The Hall–Kier alpha value is -1.81. The van der Waals surface area contributed by atoms with Gasteiger partial charge in [-0.25, -0.2) is 9.37 Å². The summed E-state index contributed by atoms with van der Waals surface area (Å²) in [5.41, 5.74) is 1.01. The molecule has 0 aliphatic rings. The number of aromatic nitrogens is 1. The first kappa shape index (κ1) is 21.5. The summed E-state index contributed by atoms with van der Waals surface area (Å²) in [6.07, 6.45) is -2.11. The van der Waals surface area contributed by atoms with Crippen LogP contribution in [0.2, 0.25) is 0 Å². The number of nitrogens with zero attached hydrogens (tertiary/aromatic N) is 2. The van der Waals surface area contributed by atoms with Gasteiger partial charge in [0.2, 0.25) is 0 Å². The van der Waals surface area contributed by atoms with Crippen LogP contribution < -0.4 is 10.6 Å². The molecule has 0 fully saturated rings. The van der Waals surface area contributed by atoms with Gasteiger partial charge in [0.25, 0.3) is 0 Å². The highest BCUT2D eigenvalue weighted by Gasteiger charge is 2.33. The van der Waals surface area contributed by atoms with E-state index in [0.717, 1.165) is 27.8 Å². The maximum atomic E-state index is 13.4. The molecule has 0 bridgehead atoms. The molecule has 0 saturated carbocycles. The summed E-state index contributed by atoms with van der Waals surface area (Å²) in [5.74, 6) is 0.945. The molecule has 2 N–H and O–H groups in total. The fraction of sp³-hybridized carbons (Fsp3) is 0.412. The topological polar surface area (TPSA) is 49.3 Å². The number of hydrogen-bond acceptors (Lipinski definition) is 4. The Bertz CT molecular complexity index is 775. The summed E-state index contributed by atoms with van der Waals surface area (Å²) in [5, 5.41) is 7.60. The Kier molecular flexibility index (Phi) is 7.91. The Morgan fingerprint density at radius 1 is 1.26 bits per heavy atom. The second-order valence-electron chi connectivity index (χ2n) is 5.57. The van der Waals surface area contributed by atoms with Gasteiger partial charge in [-0.2, -0.15) is 24.9 Å². The fourth-order valence-electron chi connectivity index (χ4n) is 2.30. The van der Waals surface area contributed by atoms with E-state index in [9.17, 15) is 17.6 Å². The highest BCUT2D eigenvalue weighted by molar-refractivity contribution is 7.97. The zero-order valence-corrected chi connectivity index (χ0v) is 16.5. The molecule has 0 atom stereocenters. The van der Waals surface area contributed by atoms with Gasteiger partial charge in [-0.1, -0.05) is 6.07 Å². The van der Waals surface area contributed by atoms with E-state index in [1.807, 2.05) is 6.26 Å². The van der Waals surface area contributed by atoms with E-state index in [2.05, 4.69) is 20.6 Å². The minimum absolute atomic E-state index is 0.271. The van der Waals surface area contributed by atoms with Gasteiger partial charge in [0.05, 0.1) is 5.01 Å². The van der Waals surface area contributed by atoms with E-state index in [4.69, 9.17) is 0 Å². The van der Waals surface area contributed by atoms with Crippen molar-refractivity contribution >= 4 is 29.1 Å². The average molecular weight is 421 g/mol. The zero-order valence-electron chi connectivity index (χ0n) is 14.9. The quantitative estimate of drug-likeness (QED) is 0.403. The summed E-state index contributed by atoms with van der Waals surface area (Å²) >= 11 is 2.59. The molecule has 10 heteroatoms. The van der Waals surface area contributed by atoms with E-state index in [-0.39, 0.29) is 5.82 Å². The number of guanidine groups is 1. The molecule has 0 aliphatic heterocycles. The van der Waals surface area contributed by atoms with Crippen LogP contribution in [0.5, 0.6) is 0 Å². The van der Waals surface area contributed by atoms with Crippen molar-refractivity contribution < 1.29 is 17.6 Å². The van der Waals surface area contributed by atoms with Crippen molar-refractivity contribution in [2.75, 3.05) is 19.8 Å². The second-order valence-corrected chi connectivity index (χ2v) is 7.38. The van der Waals surface area contributed by atoms with Crippen molar-refractivity contribution in [3.63, 3.8) is 0 Å². The molecule has 0 radical (unpaired) electrons. The van der Waals surface area contributed by atoms with Crippen LogP contribution in [0.25, 0.3) is 0 Å². The van der Waals surface area contributed by atoms with Gasteiger partial charge >= 0.3 is 6.18 Å². The molecule has 2 rings (SSSR count). The maximum Gasteiger partial charge on any atom is 0.434 e. The third-order valence-corrected chi connectivity index (χ3v) is 5.12. The number of thiazole rings is 1. The van der Waals surface area contributed by atoms with E-state index in [1.54, 1.807) is 24.9 Å². The van der Waals surface area contributed by atoms with Crippen molar-refractivity contribution in [3.8, 4) is 0 Å². The van der Waals surface area contributed by atoms with Gasteiger partial charge in [0.15, 0.2) is 11.7 Å². The average Bonchev–Trinajstić information content (AvgIpc) is 3.09. The van der Waals surface area contributed by atoms with E-state index in [1.165, 1.54) is 12.1 Å². The first-order valence-electron chi connectivity index (χ1n) is 8.06. The lowest BCUT2D eigenvalue weighted by Crippen LogP contribution is -2.38. The van der Waals surface area contributed by atoms with Crippen LogP contribution in [-0.2, 0) is 24.9 Å². The molecule has 0 saturated heterocycles. The van der Waals surface area contributed by atoms with Gasteiger partial charge in [-0.05, 0) is 29.5 Å². The summed E-state index contributed by atoms with van der Waals surface area (Å²) in [7, 11) is 1.61. The predicted octanol–water partition coefficient (Wildman–Crippen LogP) is 4.07. The Morgan fingerprint density at radius 2 is 2.04 bits per heavy atom. The first-order chi connectivity index (χ1) is 12.8. The minimum Gasteiger partial charge on any atom is -0.356 e. The fourth-order valence-corrected chi connectivity index (χ4v) is 3.68. The molecule has 27 heavy (non-hydrogen) atoms. The molecule has 4 nitrogen and oxygen atoms in total. The first-order valence-corrected chi connectivity index (χ1v) is 10.3. The predicted molar refractivity (Wildman–Crippen MR) is 103 cm³/mol. The monoisotopic (exact) mass is 420 g/mol. The van der Waals surface area contributed by atoms with Crippen LogP contribution in [0, 0.1) is 5.82 Å². The molecular formula is C17H20F4N4S2. The number of alkyl halides is 3. The maximum absolute atomic E-state index is 13.4. The summed E-state index contributed by atoms with van der Waals surface area (Å²) < 4.78 is 51.1. The number of halogens is 4. The number of thioether (sulfide) groups is 1. The lowest BCUT2D eigenvalue weighted by molar-refractivity contribution is -0.140. The second kappa shape index (κ2) is 9.93. The van der Waals surface area contributed by atoms with Crippen molar-refractivity contribution in [1.29, 1.82) is 0 Å². The van der Waals surface area contributed by atoms with E-state index in [0.29, 0.717) is 36.2 Å². The van der Waals surface area contributed by atoms with Crippen LogP contribution in [0.4, 0.5) is 17.6 Å². The molecule has 0 spiro atoms. The van der Waals surface area contributed by atoms with Gasteiger partial charge in [-0.15, -0.1) is 11.3 Å². The van der Waals surface area contributed by atoms with Crippen LogP contribution in [-0.4, -0.2) is 30.8 Å². The summed E-state index contributed by atoms with van der Waals surface area (Å²) in [6.45, 7) is 0.858. The SMILES string of the molecule is CN=C(NCCc1nc(C(F)(F)F)cs1)NCc1ccc(F)cc1CSC. The van der Waals surface area contributed by atoms with E-state index >= 15 is 0 Å². The minimum atomic E-state index is -4.41. The van der Waals surface area contributed by atoms with Gasteiger partial charge in [0, 0.05) is 37.7 Å². The highest BCUT2D eigenvalue weighted by atomic mass is 32.2. The number of hydrogen-bond donors (Lipinski definition) is 2. The lowest BCUT2D eigenvalue weighted by atomic mass is 10.1. The molecule has 0 amide bonds. The molecule has 1 heterocycles. The Labute approximate surface area is 163 Å². The molecule has 1 aromatic carbocycles. The van der Waals surface area contributed by atoms with Gasteiger partial charge in [0.1, 0.15) is 5.82 Å². The molecule has 148 valence electrons. The van der Waals surface area contributed by atoms with Crippen molar-refractivity contribution in [3.05, 3.63) is 51.2 Å². The van der Waals surface area contributed by atoms with Crippen LogP contribution >= 0.6 is 23.1 Å². The van der Waals surface area contributed by atoms with Gasteiger partial charge in [-0.3, -0.25) is 4.99 Å². The van der Waals surface area contributed by atoms with Crippen molar-refractivity contribution in [2.45, 2.75) is 24.9 Å². The van der Waals surface area contributed by atoms with Crippen molar-refractivity contribution in [2.24, 2.45) is 4.99 Å². The number of aliphatic imine (C=N–C) groups is 1.